The zero-order chi connectivity index (χ0) is 20.2. The molecule has 0 radical (unpaired) electrons. The van der Waals surface area contributed by atoms with E-state index in [2.05, 4.69) is 10.3 Å². The summed E-state index contributed by atoms with van der Waals surface area (Å²) in [4.78, 5) is 15.9. The molecule has 29 heavy (non-hydrogen) atoms. The van der Waals surface area contributed by atoms with E-state index < -0.39 is 0 Å². The fraction of sp³-hybridized carbons (Fsp3) is 0.125. The Balaban J connectivity index is 1.42. The Morgan fingerprint density at radius 3 is 2.66 bits per heavy atom. The largest absolute Gasteiger partial charge is 0.497 e. The minimum atomic E-state index is -0.0850. The summed E-state index contributed by atoms with van der Waals surface area (Å²) in [6.45, 7) is 0.547. The van der Waals surface area contributed by atoms with Crippen LogP contribution >= 0.6 is 11.6 Å². The van der Waals surface area contributed by atoms with Crippen LogP contribution in [0.4, 0.5) is 0 Å². The van der Waals surface area contributed by atoms with Gasteiger partial charge in [0.25, 0.3) is 5.91 Å². The molecule has 0 aliphatic carbocycles. The van der Waals surface area contributed by atoms with E-state index in [9.17, 15) is 4.79 Å². The maximum atomic E-state index is 12.6. The second kappa shape index (κ2) is 8.41. The smallest absolute Gasteiger partial charge is 0.251 e. The normalized spacial score (nSPS) is 10.8. The molecule has 0 aliphatic rings. The highest BCUT2D eigenvalue weighted by Crippen LogP contribution is 2.24. The molecule has 146 valence electrons. The lowest BCUT2D eigenvalue weighted by atomic mass is 10.0. The zero-order valence-electron chi connectivity index (χ0n) is 16.0. The topological polar surface area (TPSA) is 54.1 Å². The van der Waals surface area contributed by atoms with Crippen molar-refractivity contribution in [1.82, 2.24) is 10.3 Å². The fourth-order valence-electron chi connectivity index (χ4n) is 3.39. The molecular weight excluding hydrogens is 384 g/mol. The molecular formula is C24H21ClN2O2. The molecule has 0 atom stereocenters. The molecule has 4 rings (SSSR count). The first-order chi connectivity index (χ1) is 14.1. The summed E-state index contributed by atoms with van der Waals surface area (Å²) in [5.74, 6) is 0.722. The molecule has 0 saturated heterocycles. The quantitative estimate of drug-likeness (QED) is 0.447. The third kappa shape index (κ3) is 4.28. The molecule has 0 fully saturated rings. The Kier molecular flexibility index (Phi) is 5.54. The fourth-order valence-corrected chi connectivity index (χ4v) is 3.57. The predicted molar refractivity (Wildman–Crippen MR) is 118 cm³/mol. The standard InChI is InChI=1S/C24H21ClN2O2/c1-29-21-8-5-16(6-9-21)17-3-2-4-18(13-17)24(28)26-12-11-19-15-27-23-10-7-20(25)14-22(19)23/h2-10,13-15,27H,11-12H2,1H3,(H,26,28). The summed E-state index contributed by atoms with van der Waals surface area (Å²) in [6.07, 6.45) is 2.70. The highest BCUT2D eigenvalue weighted by Gasteiger charge is 2.09. The number of ether oxygens (including phenoxy) is 1. The van der Waals surface area contributed by atoms with E-state index in [0.717, 1.165) is 39.8 Å². The number of amides is 1. The van der Waals surface area contributed by atoms with Gasteiger partial charge in [-0.05, 0) is 65.6 Å². The number of nitrogens with one attached hydrogen (secondary N) is 2. The molecule has 0 unspecified atom stereocenters. The molecule has 3 aromatic carbocycles. The molecule has 1 aromatic heterocycles. The van der Waals surface area contributed by atoms with Crippen LogP contribution in [0.2, 0.25) is 5.02 Å². The van der Waals surface area contributed by atoms with E-state index in [1.165, 1.54) is 0 Å². The summed E-state index contributed by atoms with van der Waals surface area (Å²) in [5, 5.41) is 4.80. The number of hydrogen-bond acceptors (Lipinski definition) is 2. The minimum absolute atomic E-state index is 0.0850. The highest BCUT2D eigenvalue weighted by atomic mass is 35.5. The van der Waals surface area contributed by atoms with Crippen LogP contribution in [-0.4, -0.2) is 24.5 Å². The number of aromatic nitrogens is 1. The maximum Gasteiger partial charge on any atom is 0.251 e. The van der Waals surface area contributed by atoms with Crippen molar-refractivity contribution in [1.29, 1.82) is 0 Å². The molecule has 5 heteroatoms. The van der Waals surface area contributed by atoms with Gasteiger partial charge in [-0.15, -0.1) is 0 Å². The Hall–Kier alpha value is -3.24. The third-order valence-corrected chi connectivity index (χ3v) is 5.19. The molecule has 0 bridgehead atoms. The van der Waals surface area contributed by atoms with Crippen LogP contribution in [-0.2, 0) is 6.42 Å². The van der Waals surface area contributed by atoms with Gasteiger partial charge in [0.15, 0.2) is 0 Å². The number of halogens is 1. The van der Waals surface area contributed by atoms with E-state index in [-0.39, 0.29) is 5.91 Å². The molecule has 0 aliphatic heterocycles. The van der Waals surface area contributed by atoms with Crippen molar-refractivity contribution >= 4 is 28.4 Å². The van der Waals surface area contributed by atoms with Crippen LogP contribution in [0.15, 0.2) is 72.9 Å². The lowest BCUT2D eigenvalue weighted by Crippen LogP contribution is -2.25. The summed E-state index contributed by atoms with van der Waals surface area (Å²) in [5.41, 5.74) is 4.85. The van der Waals surface area contributed by atoms with E-state index in [1.807, 2.05) is 72.9 Å². The van der Waals surface area contributed by atoms with E-state index in [4.69, 9.17) is 16.3 Å². The van der Waals surface area contributed by atoms with Crippen molar-refractivity contribution in [3.63, 3.8) is 0 Å². The third-order valence-electron chi connectivity index (χ3n) is 4.96. The van der Waals surface area contributed by atoms with Crippen LogP contribution < -0.4 is 10.1 Å². The first-order valence-electron chi connectivity index (χ1n) is 9.42. The summed E-state index contributed by atoms with van der Waals surface area (Å²) >= 11 is 6.10. The van der Waals surface area contributed by atoms with Gasteiger partial charge in [-0.25, -0.2) is 0 Å². The van der Waals surface area contributed by atoms with Gasteiger partial charge >= 0.3 is 0 Å². The number of rotatable bonds is 6. The van der Waals surface area contributed by atoms with Crippen LogP contribution in [0.25, 0.3) is 22.0 Å². The van der Waals surface area contributed by atoms with Gasteiger partial charge in [0.2, 0.25) is 0 Å². The molecule has 0 spiro atoms. The minimum Gasteiger partial charge on any atom is -0.497 e. The van der Waals surface area contributed by atoms with E-state index in [1.54, 1.807) is 7.11 Å². The summed E-state index contributed by atoms with van der Waals surface area (Å²) in [6, 6.07) is 21.2. The highest BCUT2D eigenvalue weighted by molar-refractivity contribution is 6.31. The molecule has 2 N–H and O–H groups in total. The number of hydrogen-bond donors (Lipinski definition) is 2. The molecule has 1 heterocycles. The van der Waals surface area contributed by atoms with Crippen molar-refractivity contribution in [2.24, 2.45) is 0 Å². The second-order valence-corrected chi connectivity index (χ2v) is 7.26. The van der Waals surface area contributed by atoms with Crippen molar-refractivity contribution in [2.45, 2.75) is 6.42 Å². The number of fused-ring (bicyclic) bond motifs is 1. The van der Waals surface area contributed by atoms with Crippen molar-refractivity contribution in [2.75, 3.05) is 13.7 Å². The number of methoxy groups -OCH3 is 1. The lowest BCUT2D eigenvalue weighted by Gasteiger charge is -2.08. The predicted octanol–water partition coefficient (Wildman–Crippen LogP) is 5.47. The van der Waals surface area contributed by atoms with Gasteiger partial charge in [-0.2, -0.15) is 0 Å². The Morgan fingerprint density at radius 2 is 1.86 bits per heavy atom. The number of H-pyrrole nitrogens is 1. The number of carbonyl (C=O) groups is 1. The second-order valence-electron chi connectivity index (χ2n) is 6.82. The SMILES string of the molecule is COc1ccc(-c2cccc(C(=O)NCCc3c[nH]c4ccc(Cl)cc34)c2)cc1. The van der Waals surface area contributed by atoms with E-state index in [0.29, 0.717) is 17.1 Å². The van der Waals surface area contributed by atoms with Crippen molar-refractivity contribution in [3.05, 3.63) is 89.1 Å². The molecule has 4 nitrogen and oxygen atoms in total. The number of carbonyl (C=O) groups excluding carboxylic acids is 1. The number of benzene rings is 3. The monoisotopic (exact) mass is 404 g/mol. The van der Waals surface area contributed by atoms with Crippen LogP contribution in [0.3, 0.4) is 0 Å². The molecule has 4 aromatic rings. The Bertz CT molecular complexity index is 1150. The first kappa shape index (κ1) is 19.1. The summed E-state index contributed by atoms with van der Waals surface area (Å²) in [7, 11) is 1.64. The number of aromatic amines is 1. The van der Waals surface area contributed by atoms with Crippen molar-refractivity contribution < 1.29 is 9.53 Å². The van der Waals surface area contributed by atoms with Crippen molar-refractivity contribution in [3.8, 4) is 16.9 Å². The Labute approximate surface area is 174 Å². The Morgan fingerprint density at radius 1 is 1.03 bits per heavy atom. The maximum absolute atomic E-state index is 12.6. The van der Waals surface area contributed by atoms with Gasteiger partial charge in [0, 0.05) is 34.2 Å². The summed E-state index contributed by atoms with van der Waals surface area (Å²) < 4.78 is 5.20. The van der Waals surface area contributed by atoms with Gasteiger partial charge < -0.3 is 15.0 Å². The van der Waals surface area contributed by atoms with Gasteiger partial charge in [0.05, 0.1) is 7.11 Å². The van der Waals surface area contributed by atoms with Crippen LogP contribution in [0.1, 0.15) is 15.9 Å². The first-order valence-corrected chi connectivity index (χ1v) is 9.80. The van der Waals surface area contributed by atoms with Gasteiger partial charge in [-0.3, -0.25) is 4.79 Å². The lowest BCUT2D eigenvalue weighted by molar-refractivity contribution is 0.0954. The van der Waals surface area contributed by atoms with Crippen LogP contribution in [0.5, 0.6) is 5.75 Å². The van der Waals surface area contributed by atoms with E-state index >= 15 is 0 Å². The molecule has 0 saturated carbocycles. The zero-order valence-corrected chi connectivity index (χ0v) is 16.8. The van der Waals surface area contributed by atoms with Gasteiger partial charge in [0.1, 0.15) is 5.75 Å². The average molecular weight is 405 g/mol. The average Bonchev–Trinajstić information content (AvgIpc) is 3.16. The van der Waals surface area contributed by atoms with Crippen LogP contribution in [0, 0.1) is 0 Å². The molecule has 1 amide bonds. The van der Waals surface area contributed by atoms with Gasteiger partial charge in [-0.1, -0.05) is 35.9 Å².